The number of thiophene rings is 1. The Balaban J connectivity index is 1.22. The molecule has 33 heavy (non-hydrogen) atoms. The van der Waals surface area contributed by atoms with Gasteiger partial charge in [-0.3, -0.25) is 14.4 Å². The Hall–Kier alpha value is -2.46. The fraction of sp³-hybridized carbons (Fsp3) is 0.652. The molecule has 0 aromatic carbocycles. The third kappa shape index (κ3) is 4.14. The number of nitrogens with two attached hydrogens (primary N) is 1. The number of ether oxygens (including phenoxy) is 1. The molecule has 5 aliphatic rings. The van der Waals surface area contributed by atoms with E-state index < -0.39 is 42.0 Å². The highest BCUT2D eigenvalue weighted by Gasteiger charge is 2.57. The first kappa shape index (κ1) is 22.3. The topological polar surface area (TPSA) is 139 Å². The van der Waals surface area contributed by atoms with E-state index >= 15 is 0 Å². The van der Waals surface area contributed by atoms with E-state index in [1.54, 1.807) is 5.38 Å². The molecule has 0 spiro atoms. The van der Waals surface area contributed by atoms with E-state index in [1.165, 1.54) is 30.2 Å². The number of carbonyl (C=O) groups excluding carboxylic acids is 4. The predicted molar refractivity (Wildman–Crippen MR) is 119 cm³/mol. The summed E-state index contributed by atoms with van der Waals surface area (Å²) >= 11 is 1.14. The standard InChI is InChI=1S/C23H29N3O6S/c24-19(29)16-1-2-33-20(16)25-18(28)11-32-21(30)17-6-15(27)10-26(17)22(31)23-7-12-3-13(8-23)5-14(4-12)9-23/h1-2,12-15,17,27H,3-11H2,(H2,24,29)(H,25,28)/t12?,13?,14?,15?,17-,23?/m0/s1. The molecule has 178 valence electrons. The lowest BCUT2D eigenvalue weighted by Gasteiger charge is -2.56. The third-order valence-corrected chi connectivity index (χ3v) is 8.66. The summed E-state index contributed by atoms with van der Waals surface area (Å²) in [5, 5.41) is 14.7. The van der Waals surface area contributed by atoms with E-state index in [1.807, 2.05) is 0 Å². The van der Waals surface area contributed by atoms with Gasteiger partial charge in [0.1, 0.15) is 11.0 Å². The minimum Gasteiger partial charge on any atom is -0.454 e. The second-order valence-corrected chi connectivity index (χ2v) is 11.2. The van der Waals surface area contributed by atoms with E-state index in [4.69, 9.17) is 10.5 Å². The van der Waals surface area contributed by atoms with Gasteiger partial charge >= 0.3 is 5.97 Å². The number of amides is 3. The van der Waals surface area contributed by atoms with Crippen LogP contribution in [0.3, 0.4) is 0 Å². The number of carbonyl (C=O) groups is 4. The van der Waals surface area contributed by atoms with Crippen LogP contribution in [0.1, 0.15) is 55.3 Å². The number of aliphatic hydroxyl groups excluding tert-OH is 1. The Morgan fingerprint density at radius 1 is 1.12 bits per heavy atom. The second-order valence-electron chi connectivity index (χ2n) is 10.2. The molecular formula is C23H29N3O6S. The van der Waals surface area contributed by atoms with Gasteiger partial charge < -0.3 is 25.8 Å². The van der Waals surface area contributed by atoms with Gasteiger partial charge in [0, 0.05) is 13.0 Å². The average Bonchev–Trinajstić information content (AvgIpc) is 3.37. The maximum atomic E-state index is 13.7. The molecule has 10 heteroatoms. The van der Waals surface area contributed by atoms with Gasteiger partial charge in [0.25, 0.3) is 11.8 Å². The Kier molecular flexibility index (Phi) is 5.68. The first-order valence-corrected chi connectivity index (χ1v) is 12.4. The molecule has 1 aromatic heterocycles. The van der Waals surface area contributed by atoms with Crippen LogP contribution in [0.2, 0.25) is 0 Å². The lowest BCUT2D eigenvalue weighted by Crippen LogP contribution is -2.56. The van der Waals surface area contributed by atoms with Crippen LogP contribution < -0.4 is 11.1 Å². The van der Waals surface area contributed by atoms with Crippen molar-refractivity contribution in [2.45, 2.75) is 57.1 Å². The SMILES string of the molecule is NC(=O)c1ccsc1NC(=O)COC(=O)[C@@H]1CC(O)CN1C(=O)C12CC3CC(CC(C3)C1)C2. The van der Waals surface area contributed by atoms with Gasteiger partial charge in [0.2, 0.25) is 5.91 Å². The van der Waals surface area contributed by atoms with Gasteiger partial charge in [-0.25, -0.2) is 4.79 Å². The van der Waals surface area contributed by atoms with Gasteiger partial charge in [0.15, 0.2) is 6.61 Å². The van der Waals surface area contributed by atoms with Gasteiger partial charge in [0.05, 0.1) is 17.1 Å². The average molecular weight is 476 g/mol. The summed E-state index contributed by atoms with van der Waals surface area (Å²) in [5.41, 5.74) is 5.04. The number of β-amino-alcohol motifs (C(OH)–C–C–N with tert-alkyl or cyclic N) is 1. The van der Waals surface area contributed by atoms with Crippen molar-refractivity contribution in [3.63, 3.8) is 0 Å². The number of nitrogens with one attached hydrogen (secondary N) is 1. The molecule has 2 heterocycles. The normalized spacial score (nSPS) is 34.3. The zero-order chi connectivity index (χ0) is 23.3. The van der Waals surface area contributed by atoms with E-state index in [0.29, 0.717) is 22.8 Å². The lowest BCUT2D eigenvalue weighted by molar-refractivity contribution is -0.166. The Morgan fingerprint density at radius 2 is 1.76 bits per heavy atom. The van der Waals surface area contributed by atoms with E-state index in [9.17, 15) is 24.3 Å². The van der Waals surface area contributed by atoms with Gasteiger partial charge in [-0.1, -0.05) is 0 Å². The molecule has 4 bridgehead atoms. The highest BCUT2D eigenvalue weighted by Crippen LogP contribution is 2.60. The number of esters is 1. The summed E-state index contributed by atoms with van der Waals surface area (Å²) in [7, 11) is 0. The number of hydrogen-bond acceptors (Lipinski definition) is 7. The fourth-order valence-electron chi connectivity index (χ4n) is 6.93. The highest BCUT2D eigenvalue weighted by atomic mass is 32.1. The molecule has 4 saturated carbocycles. The van der Waals surface area contributed by atoms with Crippen LogP contribution >= 0.6 is 11.3 Å². The van der Waals surface area contributed by atoms with Crippen molar-refractivity contribution in [2.75, 3.05) is 18.5 Å². The van der Waals surface area contributed by atoms with Crippen molar-refractivity contribution in [3.05, 3.63) is 17.0 Å². The number of primary amides is 1. The van der Waals surface area contributed by atoms with Crippen molar-refractivity contribution < 1.29 is 29.0 Å². The van der Waals surface area contributed by atoms with Crippen LogP contribution in [0, 0.1) is 23.2 Å². The number of hydrogen-bond donors (Lipinski definition) is 3. The summed E-state index contributed by atoms with van der Waals surface area (Å²) in [6, 6.07) is 0.610. The summed E-state index contributed by atoms with van der Waals surface area (Å²) in [6.07, 6.45) is 5.55. The Labute approximate surface area is 195 Å². The van der Waals surface area contributed by atoms with Gasteiger partial charge in [-0.2, -0.15) is 0 Å². The summed E-state index contributed by atoms with van der Waals surface area (Å²) < 4.78 is 5.22. The first-order chi connectivity index (χ1) is 15.7. The largest absolute Gasteiger partial charge is 0.454 e. The number of anilines is 1. The predicted octanol–water partition coefficient (Wildman–Crippen LogP) is 1.51. The smallest absolute Gasteiger partial charge is 0.329 e. The zero-order valence-electron chi connectivity index (χ0n) is 18.3. The van der Waals surface area contributed by atoms with Crippen LogP contribution in [-0.2, 0) is 19.1 Å². The highest BCUT2D eigenvalue weighted by molar-refractivity contribution is 7.14. The van der Waals surface area contributed by atoms with Crippen LogP contribution in [0.4, 0.5) is 5.00 Å². The minimum absolute atomic E-state index is 0.0331. The monoisotopic (exact) mass is 475 g/mol. The van der Waals surface area contributed by atoms with Crippen molar-refractivity contribution in [1.29, 1.82) is 0 Å². The Morgan fingerprint density at radius 3 is 2.36 bits per heavy atom. The number of likely N-dealkylation sites (tertiary alicyclic amines) is 1. The van der Waals surface area contributed by atoms with Crippen molar-refractivity contribution >= 4 is 40.0 Å². The summed E-state index contributed by atoms with van der Waals surface area (Å²) in [4.78, 5) is 51.7. The van der Waals surface area contributed by atoms with Gasteiger partial charge in [-0.05, 0) is 67.7 Å². The van der Waals surface area contributed by atoms with E-state index in [2.05, 4.69) is 5.32 Å². The maximum Gasteiger partial charge on any atom is 0.329 e. The van der Waals surface area contributed by atoms with Gasteiger partial charge in [-0.15, -0.1) is 11.3 Å². The molecule has 0 radical (unpaired) electrons. The summed E-state index contributed by atoms with van der Waals surface area (Å²) in [6.45, 7) is -0.440. The molecule has 4 aliphatic carbocycles. The van der Waals surface area contributed by atoms with Crippen LogP contribution in [-0.4, -0.2) is 59.0 Å². The molecule has 6 rings (SSSR count). The number of rotatable bonds is 6. The lowest BCUT2D eigenvalue weighted by atomic mass is 9.49. The second kappa shape index (κ2) is 8.39. The quantitative estimate of drug-likeness (QED) is 0.533. The maximum absolute atomic E-state index is 13.7. The van der Waals surface area contributed by atoms with E-state index in [-0.39, 0.29) is 24.4 Å². The molecule has 1 aromatic rings. The molecule has 1 aliphatic heterocycles. The fourth-order valence-corrected chi connectivity index (χ4v) is 7.74. The Bertz CT molecular complexity index is 955. The molecule has 9 nitrogen and oxygen atoms in total. The molecule has 1 unspecified atom stereocenters. The minimum atomic E-state index is -0.892. The molecule has 5 fully saturated rings. The number of aliphatic hydroxyl groups is 1. The zero-order valence-corrected chi connectivity index (χ0v) is 19.1. The number of nitrogens with zero attached hydrogens (tertiary/aromatic N) is 1. The van der Waals surface area contributed by atoms with Crippen LogP contribution in [0.5, 0.6) is 0 Å². The molecular weight excluding hydrogens is 446 g/mol. The van der Waals surface area contributed by atoms with Crippen LogP contribution in [0.15, 0.2) is 11.4 Å². The van der Waals surface area contributed by atoms with E-state index in [0.717, 1.165) is 30.6 Å². The third-order valence-electron chi connectivity index (χ3n) is 7.83. The van der Waals surface area contributed by atoms with Crippen molar-refractivity contribution in [3.8, 4) is 0 Å². The molecule has 4 N–H and O–H groups in total. The molecule has 3 amide bonds. The van der Waals surface area contributed by atoms with Crippen molar-refractivity contribution in [2.24, 2.45) is 28.9 Å². The van der Waals surface area contributed by atoms with Crippen LogP contribution in [0.25, 0.3) is 0 Å². The molecule has 2 atom stereocenters. The first-order valence-electron chi connectivity index (χ1n) is 11.6. The summed E-state index contributed by atoms with van der Waals surface area (Å²) in [5.74, 6) is -0.235. The van der Waals surface area contributed by atoms with Crippen molar-refractivity contribution in [1.82, 2.24) is 4.90 Å². The molecule has 1 saturated heterocycles.